The fourth-order valence-corrected chi connectivity index (χ4v) is 5.63. The van der Waals surface area contributed by atoms with Gasteiger partial charge in [-0.3, -0.25) is 4.98 Å². The van der Waals surface area contributed by atoms with Crippen molar-refractivity contribution in [1.82, 2.24) is 25.3 Å². The Balaban J connectivity index is 1.23. The Labute approximate surface area is 264 Å². The van der Waals surface area contributed by atoms with Crippen molar-refractivity contribution in [2.24, 2.45) is 0 Å². The van der Waals surface area contributed by atoms with E-state index in [4.69, 9.17) is 19.4 Å². The number of esters is 1. The van der Waals surface area contributed by atoms with Crippen LogP contribution in [0.15, 0.2) is 36.7 Å². The number of aromatic nitrogens is 4. The number of piperidine rings is 1. The molecule has 2 aliphatic rings. The number of carbonyl (C=O) groups excluding carboxylic acids is 2. The van der Waals surface area contributed by atoms with Crippen LogP contribution in [0.25, 0.3) is 0 Å². The summed E-state index contributed by atoms with van der Waals surface area (Å²) in [6.07, 6.45) is 6.70. The Bertz CT molecular complexity index is 1490. The Morgan fingerprint density at radius 3 is 2.56 bits per heavy atom. The fourth-order valence-electron chi connectivity index (χ4n) is 5.63. The molecule has 12 heteroatoms. The molecule has 240 valence electrons. The molecule has 1 amide bonds. The van der Waals surface area contributed by atoms with Crippen molar-refractivity contribution in [3.8, 4) is 0 Å². The van der Waals surface area contributed by atoms with Crippen LogP contribution in [0.2, 0.25) is 0 Å². The largest absolute Gasteiger partial charge is 0.458 e. The summed E-state index contributed by atoms with van der Waals surface area (Å²) in [5, 5.41) is 9.37. The molecule has 45 heavy (non-hydrogen) atoms. The van der Waals surface area contributed by atoms with Crippen LogP contribution in [-0.2, 0) is 27.3 Å². The van der Waals surface area contributed by atoms with E-state index >= 15 is 0 Å². The number of fused-ring (bicyclic) bond motifs is 1. The molecular weight excluding hydrogens is 572 g/mol. The van der Waals surface area contributed by atoms with E-state index in [9.17, 15) is 9.59 Å². The van der Waals surface area contributed by atoms with Crippen LogP contribution < -0.4 is 20.9 Å². The lowest BCUT2D eigenvalue weighted by molar-refractivity contribution is -0.156. The van der Waals surface area contributed by atoms with E-state index in [-0.39, 0.29) is 13.2 Å². The van der Waals surface area contributed by atoms with Crippen LogP contribution in [0.5, 0.6) is 0 Å². The maximum Gasteiger partial charge on any atom is 0.408 e. The number of nitrogens with one attached hydrogen (secondary N) is 3. The lowest BCUT2D eigenvalue weighted by Gasteiger charge is -2.34. The Kier molecular flexibility index (Phi) is 9.99. The van der Waals surface area contributed by atoms with Gasteiger partial charge in [-0.05, 0) is 89.6 Å². The van der Waals surface area contributed by atoms with Crippen LogP contribution in [-0.4, -0.2) is 69.8 Å². The lowest BCUT2D eigenvalue weighted by atomic mass is 9.92. The third kappa shape index (κ3) is 8.58. The topological polar surface area (TPSA) is 143 Å². The first-order valence-corrected chi connectivity index (χ1v) is 15.7. The second-order valence-corrected chi connectivity index (χ2v) is 12.6. The quantitative estimate of drug-likeness (QED) is 0.289. The predicted molar refractivity (Wildman–Crippen MR) is 172 cm³/mol. The minimum Gasteiger partial charge on any atom is -0.458 e. The van der Waals surface area contributed by atoms with E-state index < -0.39 is 23.7 Å². The molecule has 0 aliphatic carbocycles. The molecular formula is C33H44N8O4. The van der Waals surface area contributed by atoms with Gasteiger partial charge in [0.25, 0.3) is 0 Å². The van der Waals surface area contributed by atoms with Gasteiger partial charge in [0, 0.05) is 55.7 Å². The molecule has 3 aromatic rings. The number of anilines is 3. The highest BCUT2D eigenvalue weighted by atomic mass is 16.6. The zero-order valence-corrected chi connectivity index (χ0v) is 26.9. The number of nitrogens with zero attached hydrogens (tertiary/aromatic N) is 5. The summed E-state index contributed by atoms with van der Waals surface area (Å²) in [5.41, 5.74) is 3.38. The normalized spacial score (nSPS) is 15.8. The van der Waals surface area contributed by atoms with Gasteiger partial charge in [0.15, 0.2) is 0 Å². The molecule has 5 rings (SSSR count). The van der Waals surface area contributed by atoms with Crippen LogP contribution in [0.4, 0.5) is 22.2 Å². The van der Waals surface area contributed by atoms with Crippen molar-refractivity contribution < 1.29 is 19.1 Å². The summed E-state index contributed by atoms with van der Waals surface area (Å²) in [6.45, 7) is 11.9. The summed E-state index contributed by atoms with van der Waals surface area (Å²) in [5.74, 6) is 2.94. The van der Waals surface area contributed by atoms with Crippen molar-refractivity contribution in [2.45, 2.75) is 84.5 Å². The molecule has 3 N–H and O–H groups in total. The summed E-state index contributed by atoms with van der Waals surface area (Å²) in [7, 11) is 0. The van der Waals surface area contributed by atoms with Crippen LogP contribution in [0.3, 0.4) is 0 Å². The molecule has 0 unspecified atom stereocenters. The maximum atomic E-state index is 13.1. The van der Waals surface area contributed by atoms with Crippen molar-refractivity contribution in [3.63, 3.8) is 0 Å². The van der Waals surface area contributed by atoms with Gasteiger partial charge < -0.3 is 30.3 Å². The van der Waals surface area contributed by atoms with Gasteiger partial charge in [-0.1, -0.05) is 6.07 Å². The lowest BCUT2D eigenvalue weighted by Crippen LogP contribution is -2.48. The van der Waals surface area contributed by atoms with E-state index in [1.54, 1.807) is 45.3 Å². The van der Waals surface area contributed by atoms with E-state index in [0.717, 1.165) is 73.8 Å². The molecule has 3 aromatic heterocycles. The van der Waals surface area contributed by atoms with Gasteiger partial charge in [-0.2, -0.15) is 0 Å². The average molecular weight is 617 g/mol. The van der Waals surface area contributed by atoms with Crippen molar-refractivity contribution in [2.75, 3.05) is 41.7 Å². The predicted octanol–water partition coefficient (Wildman–Crippen LogP) is 4.67. The molecule has 12 nitrogen and oxygen atoms in total. The van der Waals surface area contributed by atoms with Gasteiger partial charge in [0.05, 0.1) is 0 Å². The molecule has 1 fully saturated rings. The zero-order chi connectivity index (χ0) is 32.0. The maximum absolute atomic E-state index is 13.1. The van der Waals surface area contributed by atoms with Crippen LogP contribution in [0, 0.1) is 13.8 Å². The van der Waals surface area contributed by atoms with E-state index in [2.05, 4.69) is 43.0 Å². The first-order chi connectivity index (χ1) is 21.6. The molecule has 0 bridgehead atoms. The van der Waals surface area contributed by atoms with Gasteiger partial charge in [-0.15, -0.1) is 0 Å². The molecule has 0 spiro atoms. The number of hydrogen-bond donors (Lipinski definition) is 3. The number of rotatable bonds is 9. The smallest absolute Gasteiger partial charge is 0.408 e. The zero-order valence-electron chi connectivity index (χ0n) is 26.9. The van der Waals surface area contributed by atoms with Gasteiger partial charge in [0.1, 0.15) is 41.5 Å². The number of hydrogen-bond acceptors (Lipinski definition) is 11. The Morgan fingerprint density at radius 2 is 1.82 bits per heavy atom. The number of ether oxygens (including phenoxy) is 2. The number of aryl methyl sites for hydroxylation is 2. The Morgan fingerprint density at radius 1 is 1.07 bits per heavy atom. The van der Waals surface area contributed by atoms with Crippen LogP contribution in [0.1, 0.15) is 74.2 Å². The molecule has 0 aromatic carbocycles. The van der Waals surface area contributed by atoms with Crippen molar-refractivity contribution >= 4 is 29.5 Å². The van der Waals surface area contributed by atoms with Gasteiger partial charge >= 0.3 is 12.1 Å². The highest BCUT2D eigenvalue weighted by Gasteiger charge is 2.29. The van der Waals surface area contributed by atoms with Crippen molar-refractivity contribution in [1.29, 1.82) is 0 Å². The molecule has 5 heterocycles. The molecule has 1 atom stereocenters. The van der Waals surface area contributed by atoms with Crippen LogP contribution >= 0.6 is 0 Å². The number of alkyl carbamates (subject to hydrolysis) is 1. The minimum absolute atomic E-state index is 0.0481. The number of carbonyl (C=O) groups is 2. The molecule has 0 radical (unpaired) electrons. The standard InChI is InChI=1S/C33H44N8O4/c1-21-28(36-19-27(31(42)45-33(3,4)5)40-32(43)44-20-23-10-15-34-16-11-23)37-22(2)38-30(21)41-17-12-24(13-18-41)26-9-8-25-7-6-14-35-29(25)39-26/h8-11,15-16,24,27H,6-7,12-14,17-20H2,1-5H3,(H,35,39)(H,40,43)(H,36,37,38)/t27-/m0/s1. The Hall–Kier alpha value is -4.48. The van der Waals surface area contributed by atoms with E-state index in [1.807, 2.05) is 13.8 Å². The summed E-state index contributed by atoms with van der Waals surface area (Å²) in [4.78, 5) is 46.4. The summed E-state index contributed by atoms with van der Waals surface area (Å²) in [6, 6.07) is 6.91. The first-order valence-electron chi connectivity index (χ1n) is 15.7. The number of pyridine rings is 2. The van der Waals surface area contributed by atoms with Crippen molar-refractivity contribution in [3.05, 3.63) is 64.9 Å². The third-order valence-electron chi connectivity index (χ3n) is 7.94. The second kappa shape index (κ2) is 14.1. The SMILES string of the molecule is Cc1nc(NC[C@H](NC(=O)OCc2ccncc2)C(=O)OC(C)(C)C)c(C)c(N2CCC(c3ccc4c(n3)NCCC4)CC2)n1. The summed E-state index contributed by atoms with van der Waals surface area (Å²) < 4.78 is 10.9. The molecule has 1 saturated heterocycles. The fraction of sp³-hybridized carbons (Fsp3) is 0.515. The second-order valence-electron chi connectivity index (χ2n) is 12.6. The highest BCUT2D eigenvalue weighted by molar-refractivity contribution is 5.82. The molecule has 0 saturated carbocycles. The van der Waals surface area contributed by atoms with Gasteiger partial charge in [-0.25, -0.2) is 24.5 Å². The van der Waals surface area contributed by atoms with E-state index in [1.165, 1.54) is 5.56 Å². The molecule has 2 aliphatic heterocycles. The average Bonchev–Trinajstić information content (AvgIpc) is 3.02. The number of amides is 1. The third-order valence-corrected chi connectivity index (χ3v) is 7.94. The highest BCUT2D eigenvalue weighted by Crippen LogP contribution is 2.33. The summed E-state index contributed by atoms with van der Waals surface area (Å²) >= 11 is 0. The monoisotopic (exact) mass is 616 g/mol. The van der Waals surface area contributed by atoms with E-state index in [0.29, 0.717) is 17.6 Å². The minimum atomic E-state index is -1.01. The van der Waals surface area contributed by atoms with Gasteiger partial charge in [0.2, 0.25) is 0 Å². The first kappa shape index (κ1) is 31.9.